The number of rotatable bonds is 9. The Morgan fingerprint density at radius 1 is 1.05 bits per heavy atom. The topological polar surface area (TPSA) is 29.1 Å². The Kier molecular flexibility index (Phi) is 7.95. The molecule has 0 aliphatic carbocycles. The molecule has 0 bridgehead atoms. The molecule has 106 valence electrons. The van der Waals surface area contributed by atoms with E-state index < -0.39 is 0 Å². The van der Waals surface area contributed by atoms with Crippen molar-refractivity contribution in [3.05, 3.63) is 35.9 Å². The van der Waals surface area contributed by atoms with Gasteiger partial charge in [0.15, 0.2) is 0 Å². The highest BCUT2D eigenvalue weighted by Gasteiger charge is 2.16. The molecule has 1 amide bonds. The fourth-order valence-electron chi connectivity index (χ4n) is 2.33. The molecule has 1 atom stereocenters. The highest BCUT2D eigenvalue weighted by atomic mass is 16.1. The van der Waals surface area contributed by atoms with Crippen LogP contribution < -0.4 is 5.32 Å². The molecule has 1 N–H and O–H groups in total. The Morgan fingerprint density at radius 2 is 1.79 bits per heavy atom. The van der Waals surface area contributed by atoms with Crippen LogP contribution in [-0.4, -0.2) is 5.91 Å². The molecule has 1 aromatic rings. The summed E-state index contributed by atoms with van der Waals surface area (Å²) in [6, 6.07) is 10.1. The van der Waals surface area contributed by atoms with E-state index in [-0.39, 0.29) is 11.8 Å². The summed E-state index contributed by atoms with van der Waals surface area (Å²) < 4.78 is 0. The summed E-state index contributed by atoms with van der Waals surface area (Å²) in [6.45, 7) is 5.00. The number of hydrogen-bond donors (Lipinski definition) is 1. The fraction of sp³-hybridized carbons (Fsp3) is 0.588. The molecular formula is C17H27NO. The Hall–Kier alpha value is -1.31. The van der Waals surface area contributed by atoms with E-state index >= 15 is 0 Å². The zero-order valence-corrected chi connectivity index (χ0v) is 12.3. The van der Waals surface area contributed by atoms with Crippen LogP contribution in [-0.2, 0) is 11.3 Å². The van der Waals surface area contributed by atoms with E-state index in [2.05, 4.69) is 19.2 Å². The van der Waals surface area contributed by atoms with Gasteiger partial charge < -0.3 is 5.32 Å². The lowest BCUT2D eigenvalue weighted by Gasteiger charge is -2.16. The summed E-state index contributed by atoms with van der Waals surface area (Å²) in [4.78, 5) is 12.2. The van der Waals surface area contributed by atoms with Gasteiger partial charge in [-0.2, -0.15) is 0 Å². The summed E-state index contributed by atoms with van der Waals surface area (Å²) >= 11 is 0. The number of carbonyl (C=O) groups excluding carboxylic acids is 1. The molecule has 0 saturated carbocycles. The smallest absolute Gasteiger partial charge is 0.223 e. The van der Waals surface area contributed by atoms with Crippen molar-refractivity contribution in [2.45, 2.75) is 58.9 Å². The maximum Gasteiger partial charge on any atom is 0.223 e. The largest absolute Gasteiger partial charge is 0.352 e. The van der Waals surface area contributed by atoms with Crippen LogP contribution in [0.4, 0.5) is 0 Å². The average Bonchev–Trinajstić information content (AvgIpc) is 2.45. The van der Waals surface area contributed by atoms with E-state index in [9.17, 15) is 4.79 Å². The number of unbranched alkanes of at least 4 members (excludes halogenated alkanes) is 2. The third kappa shape index (κ3) is 6.42. The molecule has 0 spiro atoms. The predicted octanol–water partition coefficient (Wildman–Crippen LogP) is 4.30. The van der Waals surface area contributed by atoms with E-state index in [0.717, 1.165) is 19.3 Å². The van der Waals surface area contributed by atoms with E-state index in [0.29, 0.717) is 6.54 Å². The minimum atomic E-state index is 0.195. The van der Waals surface area contributed by atoms with Crippen molar-refractivity contribution in [1.29, 1.82) is 0 Å². The van der Waals surface area contributed by atoms with Gasteiger partial charge in [-0.1, -0.05) is 69.9 Å². The van der Waals surface area contributed by atoms with E-state index in [1.165, 1.54) is 24.8 Å². The van der Waals surface area contributed by atoms with Gasteiger partial charge in [0.25, 0.3) is 0 Å². The van der Waals surface area contributed by atoms with Gasteiger partial charge in [-0.3, -0.25) is 4.79 Å². The minimum Gasteiger partial charge on any atom is -0.352 e. The lowest BCUT2D eigenvalue weighted by molar-refractivity contribution is -0.125. The molecule has 0 fully saturated rings. The van der Waals surface area contributed by atoms with E-state index in [1.54, 1.807) is 0 Å². The van der Waals surface area contributed by atoms with Crippen LogP contribution in [0, 0.1) is 5.92 Å². The van der Waals surface area contributed by atoms with Gasteiger partial charge >= 0.3 is 0 Å². The molecule has 1 rings (SSSR count). The van der Waals surface area contributed by atoms with Crippen LogP contribution in [0.5, 0.6) is 0 Å². The highest BCUT2D eigenvalue weighted by Crippen LogP contribution is 2.16. The van der Waals surface area contributed by atoms with Crippen molar-refractivity contribution in [3.8, 4) is 0 Å². The van der Waals surface area contributed by atoms with Crippen molar-refractivity contribution in [2.24, 2.45) is 5.92 Å². The zero-order valence-electron chi connectivity index (χ0n) is 12.3. The van der Waals surface area contributed by atoms with Crippen LogP contribution in [0.1, 0.15) is 57.9 Å². The average molecular weight is 261 g/mol. The first-order valence-corrected chi connectivity index (χ1v) is 7.59. The first kappa shape index (κ1) is 15.7. The summed E-state index contributed by atoms with van der Waals surface area (Å²) in [7, 11) is 0. The Morgan fingerprint density at radius 3 is 2.42 bits per heavy atom. The first-order valence-electron chi connectivity index (χ1n) is 7.59. The molecule has 2 nitrogen and oxygen atoms in total. The third-order valence-electron chi connectivity index (χ3n) is 3.47. The number of amides is 1. The zero-order chi connectivity index (χ0) is 13.9. The fourth-order valence-corrected chi connectivity index (χ4v) is 2.33. The molecule has 0 saturated heterocycles. The van der Waals surface area contributed by atoms with Crippen LogP contribution in [0.25, 0.3) is 0 Å². The first-order chi connectivity index (χ1) is 9.27. The lowest BCUT2D eigenvalue weighted by Crippen LogP contribution is -2.30. The standard InChI is InChI=1S/C17H27NO/c1-3-5-7-13-16(10-4-2)17(19)18-14-15-11-8-6-9-12-15/h6,8-9,11-12,16H,3-5,7,10,13-14H2,1-2H3,(H,18,19). The maximum atomic E-state index is 12.2. The van der Waals surface area contributed by atoms with E-state index in [1.807, 2.05) is 30.3 Å². The van der Waals surface area contributed by atoms with Crippen molar-refractivity contribution in [3.63, 3.8) is 0 Å². The van der Waals surface area contributed by atoms with Gasteiger partial charge in [-0.15, -0.1) is 0 Å². The maximum absolute atomic E-state index is 12.2. The second-order valence-corrected chi connectivity index (χ2v) is 5.18. The molecule has 0 aliphatic rings. The summed E-state index contributed by atoms with van der Waals surface area (Å²) in [6.07, 6.45) is 6.72. The van der Waals surface area contributed by atoms with Gasteiger partial charge in [-0.25, -0.2) is 0 Å². The molecule has 0 radical (unpaired) electrons. The van der Waals surface area contributed by atoms with Crippen LogP contribution in [0.15, 0.2) is 30.3 Å². The Bertz CT molecular complexity index is 348. The number of benzene rings is 1. The van der Waals surface area contributed by atoms with Gasteiger partial charge in [0.1, 0.15) is 0 Å². The number of carbonyl (C=O) groups is 1. The van der Waals surface area contributed by atoms with Crippen molar-refractivity contribution in [2.75, 3.05) is 0 Å². The quantitative estimate of drug-likeness (QED) is 0.660. The van der Waals surface area contributed by atoms with Gasteiger partial charge in [0.05, 0.1) is 0 Å². The Balaban J connectivity index is 2.38. The third-order valence-corrected chi connectivity index (χ3v) is 3.47. The monoisotopic (exact) mass is 261 g/mol. The second kappa shape index (κ2) is 9.60. The molecule has 0 aromatic heterocycles. The predicted molar refractivity (Wildman–Crippen MR) is 80.8 cm³/mol. The van der Waals surface area contributed by atoms with Crippen molar-refractivity contribution < 1.29 is 4.79 Å². The molecule has 0 heterocycles. The van der Waals surface area contributed by atoms with Gasteiger partial charge in [0.2, 0.25) is 5.91 Å². The van der Waals surface area contributed by atoms with Crippen LogP contribution >= 0.6 is 0 Å². The SMILES string of the molecule is CCCCCC(CCC)C(=O)NCc1ccccc1. The van der Waals surface area contributed by atoms with E-state index in [4.69, 9.17) is 0 Å². The number of hydrogen-bond acceptors (Lipinski definition) is 1. The van der Waals surface area contributed by atoms with Gasteiger partial charge in [-0.05, 0) is 18.4 Å². The molecule has 0 aliphatic heterocycles. The minimum absolute atomic E-state index is 0.195. The van der Waals surface area contributed by atoms with Crippen molar-refractivity contribution in [1.82, 2.24) is 5.32 Å². The molecular weight excluding hydrogens is 234 g/mol. The summed E-state index contributed by atoms with van der Waals surface area (Å²) in [5, 5.41) is 3.07. The molecule has 1 aromatic carbocycles. The molecule has 1 unspecified atom stereocenters. The summed E-state index contributed by atoms with van der Waals surface area (Å²) in [5.74, 6) is 0.419. The van der Waals surface area contributed by atoms with Crippen molar-refractivity contribution >= 4 is 5.91 Å². The molecule has 19 heavy (non-hydrogen) atoms. The normalized spacial score (nSPS) is 12.1. The molecule has 2 heteroatoms. The highest BCUT2D eigenvalue weighted by molar-refractivity contribution is 5.78. The van der Waals surface area contributed by atoms with Gasteiger partial charge in [0, 0.05) is 12.5 Å². The number of nitrogens with one attached hydrogen (secondary N) is 1. The summed E-state index contributed by atoms with van der Waals surface area (Å²) in [5.41, 5.74) is 1.17. The second-order valence-electron chi connectivity index (χ2n) is 5.18. The van der Waals surface area contributed by atoms with Crippen LogP contribution in [0.2, 0.25) is 0 Å². The van der Waals surface area contributed by atoms with Crippen LogP contribution in [0.3, 0.4) is 0 Å². The lowest BCUT2D eigenvalue weighted by atomic mass is 9.95. The Labute approximate surface area is 117 Å².